The van der Waals surface area contributed by atoms with Gasteiger partial charge in [-0.1, -0.05) is 32.9 Å². The van der Waals surface area contributed by atoms with Crippen LogP contribution in [0.3, 0.4) is 0 Å². The van der Waals surface area contributed by atoms with E-state index in [1.165, 1.54) is 12.8 Å². The van der Waals surface area contributed by atoms with E-state index in [4.69, 9.17) is 0 Å². The maximum Gasteiger partial charge on any atom is -0.0172 e. The van der Waals surface area contributed by atoms with Gasteiger partial charge in [0.15, 0.2) is 0 Å². The molecule has 1 aliphatic rings. The first kappa shape index (κ1) is 6.85. The fraction of sp³-hybridized carbons (Fsp3) is 0.778. The summed E-state index contributed by atoms with van der Waals surface area (Å²) in [6, 6.07) is 0. The Balaban J connectivity index is 2.60. The Labute approximate surface area is 58.0 Å². The second-order valence-electron chi connectivity index (χ2n) is 3.94. The van der Waals surface area contributed by atoms with E-state index in [0.29, 0.717) is 5.41 Å². The lowest BCUT2D eigenvalue weighted by atomic mass is 9.78. The van der Waals surface area contributed by atoms with Crippen LogP contribution < -0.4 is 0 Å². The first-order valence-electron chi connectivity index (χ1n) is 3.78. The second kappa shape index (κ2) is 2.17. The van der Waals surface area contributed by atoms with Gasteiger partial charge >= 0.3 is 0 Å². The summed E-state index contributed by atoms with van der Waals surface area (Å²) >= 11 is 0. The molecule has 0 aromatic heterocycles. The highest BCUT2D eigenvalue weighted by molar-refractivity contribution is 5.00. The molecule has 0 unspecified atom stereocenters. The van der Waals surface area contributed by atoms with Crippen molar-refractivity contribution < 1.29 is 0 Å². The van der Waals surface area contributed by atoms with Crippen LogP contribution in [0.2, 0.25) is 0 Å². The highest BCUT2D eigenvalue weighted by Crippen LogP contribution is 2.32. The smallest absolute Gasteiger partial charge is 0.0172 e. The first-order chi connectivity index (χ1) is 4.10. The van der Waals surface area contributed by atoms with E-state index < -0.39 is 0 Å². The molecular weight excluding hydrogens is 108 g/mol. The van der Waals surface area contributed by atoms with Crippen molar-refractivity contribution >= 4 is 0 Å². The van der Waals surface area contributed by atoms with Crippen LogP contribution in [0.5, 0.6) is 0 Å². The van der Waals surface area contributed by atoms with Crippen LogP contribution in [0.25, 0.3) is 0 Å². The third-order valence-corrected chi connectivity index (χ3v) is 1.98. The van der Waals surface area contributed by atoms with Gasteiger partial charge in [-0.2, -0.15) is 0 Å². The van der Waals surface area contributed by atoms with Gasteiger partial charge in [0.1, 0.15) is 0 Å². The fourth-order valence-corrected chi connectivity index (χ4v) is 1.67. The molecule has 0 N–H and O–H groups in total. The number of rotatable bonds is 0. The zero-order valence-corrected chi connectivity index (χ0v) is 6.65. The Morgan fingerprint density at radius 2 is 2.11 bits per heavy atom. The molecule has 1 atom stereocenters. The van der Waals surface area contributed by atoms with E-state index in [2.05, 4.69) is 32.9 Å². The minimum absolute atomic E-state index is 0.470. The van der Waals surface area contributed by atoms with Crippen molar-refractivity contribution in [2.75, 3.05) is 0 Å². The van der Waals surface area contributed by atoms with Gasteiger partial charge in [-0.15, -0.1) is 0 Å². The lowest BCUT2D eigenvalue weighted by molar-refractivity contribution is 0.331. The molecular formula is C9H16. The van der Waals surface area contributed by atoms with Crippen LogP contribution in [0, 0.1) is 11.3 Å². The minimum atomic E-state index is 0.470. The summed E-state index contributed by atoms with van der Waals surface area (Å²) in [5, 5.41) is 0. The average Bonchev–Trinajstić information content (AvgIpc) is 1.60. The van der Waals surface area contributed by atoms with Crippen LogP contribution in [0.4, 0.5) is 0 Å². The maximum atomic E-state index is 2.34. The highest BCUT2D eigenvalue weighted by Gasteiger charge is 2.20. The molecule has 1 rings (SSSR count). The summed E-state index contributed by atoms with van der Waals surface area (Å²) < 4.78 is 0. The number of hydrogen-bond acceptors (Lipinski definition) is 0. The lowest BCUT2D eigenvalue weighted by Crippen LogP contribution is -2.15. The van der Waals surface area contributed by atoms with E-state index >= 15 is 0 Å². The molecule has 0 spiro atoms. The number of allylic oxidation sites excluding steroid dienone is 2. The van der Waals surface area contributed by atoms with Gasteiger partial charge in [-0.3, -0.25) is 0 Å². The maximum absolute atomic E-state index is 2.34. The summed E-state index contributed by atoms with van der Waals surface area (Å²) in [4.78, 5) is 0. The molecule has 9 heavy (non-hydrogen) atoms. The summed E-state index contributed by atoms with van der Waals surface area (Å²) in [5.74, 6) is 0.894. The summed E-state index contributed by atoms with van der Waals surface area (Å²) in [5.41, 5.74) is 0.470. The predicted molar refractivity (Wildman–Crippen MR) is 41.3 cm³/mol. The minimum Gasteiger partial charge on any atom is -0.0877 e. The zero-order chi connectivity index (χ0) is 6.91. The molecule has 0 heteroatoms. The third-order valence-electron chi connectivity index (χ3n) is 1.98. The molecule has 0 radical (unpaired) electrons. The Morgan fingerprint density at radius 1 is 1.44 bits per heavy atom. The quantitative estimate of drug-likeness (QED) is 0.435. The van der Waals surface area contributed by atoms with E-state index in [-0.39, 0.29) is 0 Å². The standard InChI is InChI=1S/C9H16/c1-8-5-4-6-9(2,3)7-8/h4,6,8H,5,7H2,1-3H3/t8-/m1/s1. The summed E-state index contributed by atoms with van der Waals surface area (Å²) in [6.07, 6.45) is 7.29. The Kier molecular flexibility index (Phi) is 1.65. The van der Waals surface area contributed by atoms with Gasteiger partial charge in [0.05, 0.1) is 0 Å². The third kappa shape index (κ3) is 1.85. The van der Waals surface area contributed by atoms with Crippen molar-refractivity contribution in [2.24, 2.45) is 11.3 Å². The summed E-state index contributed by atoms with van der Waals surface area (Å²) in [7, 11) is 0. The van der Waals surface area contributed by atoms with Crippen molar-refractivity contribution in [2.45, 2.75) is 33.6 Å². The Hall–Kier alpha value is -0.260. The van der Waals surface area contributed by atoms with Gasteiger partial charge in [0.2, 0.25) is 0 Å². The molecule has 0 aromatic carbocycles. The van der Waals surface area contributed by atoms with Crippen LogP contribution >= 0.6 is 0 Å². The molecule has 0 saturated heterocycles. The van der Waals surface area contributed by atoms with Gasteiger partial charge < -0.3 is 0 Å². The largest absolute Gasteiger partial charge is 0.0877 e. The molecule has 52 valence electrons. The lowest BCUT2D eigenvalue weighted by Gasteiger charge is -2.27. The monoisotopic (exact) mass is 124 g/mol. The normalized spacial score (nSPS) is 32.6. The molecule has 0 bridgehead atoms. The topological polar surface area (TPSA) is 0 Å². The van der Waals surface area contributed by atoms with Gasteiger partial charge in [-0.05, 0) is 24.2 Å². The van der Waals surface area contributed by atoms with Crippen LogP contribution in [-0.2, 0) is 0 Å². The molecule has 0 heterocycles. The van der Waals surface area contributed by atoms with Gasteiger partial charge in [-0.25, -0.2) is 0 Å². The Bertz CT molecular complexity index is 120. The van der Waals surface area contributed by atoms with Crippen molar-refractivity contribution in [1.82, 2.24) is 0 Å². The van der Waals surface area contributed by atoms with Gasteiger partial charge in [0.25, 0.3) is 0 Å². The van der Waals surface area contributed by atoms with Gasteiger partial charge in [0, 0.05) is 0 Å². The highest BCUT2D eigenvalue weighted by atomic mass is 14.2. The predicted octanol–water partition coefficient (Wildman–Crippen LogP) is 3.00. The molecule has 0 saturated carbocycles. The van der Waals surface area contributed by atoms with Crippen molar-refractivity contribution in [3.05, 3.63) is 12.2 Å². The zero-order valence-electron chi connectivity index (χ0n) is 6.65. The average molecular weight is 124 g/mol. The van der Waals surface area contributed by atoms with Crippen molar-refractivity contribution in [3.8, 4) is 0 Å². The molecule has 0 fully saturated rings. The van der Waals surface area contributed by atoms with E-state index in [9.17, 15) is 0 Å². The van der Waals surface area contributed by atoms with E-state index in [0.717, 1.165) is 5.92 Å². The molecule has 0 aromatic rings. The molecule has 1 aliphatic carbocycles. The van der Waals surface area contributed by atoms with Crippen molar-refractivity contribution in [1.29, 1.82) is 0 Å². The fourth-order valence-electron chi connectivity index (χ4n) is 1.67. The van der Waals surface area contributed by atoms with Crippen LogP contribution in [-0.4, -0.2) is 0 Å². The number of hydrogen-bond donors (Lipinski definition) is 0. The molecule has 0 aliphatic heterocycles. The van der Waals surface area contributed by atoms with Crippen LogP contribution in [0.1, 0.15) is 33.6 Å². The molecule has 0 amide bonds. The Morgan fingerprint density at radius 3 is 2.44 bits per heavy atom. The first-order valence-corrected chi connectivity index (χ1v) is 3.78. The second-order valence-corrected chi connectivity index (χ2v) is 3.94. The van der Waals surface area contributed by atoms with Crippen molar-refractivity contribution in [3.63, 3.8) is 0 Å². The molecule has 0 nitrogen and oxygen atoms in total. The van der Waals surface area contributed by atoms with E-state index in [1.54, 1.807) is 0 Å². The summed E-state index contributed by atoms with van der Waals surface area (Å²) in [6.45, 7) is 6.93. The SMILES string of the molecule is C[C@@H]1CC=CC(C)(C)C1. The van der Waals surface area contributed by atoms with E-state index in [1.807, 2.05) is 0 Å². The van der Waals surface area contributed by atoms with Crippen LogP contribution in [0.15, 0.2) is 12.2 Å².